The van der Waals surface area contributed by atoms with Gasteiger partial charge >= 0.3 is 6.09 Å². The summed E-state index contributed by atoms with van der Waals surface area (Å²) in [6.07, 6.45) is 3.29. The van der Waals surface area contributed by atoms with Gasteiger partial charge in [-0.1, -0.05) is 42.2 Å². The van der Waals surface area contributed by atoms with E-state index in [1.165, 1.54) is 0 Å². The molecule has 0 bridgehead atoms. The number of carbonyl (C=O) groups excluding carboxylic acids is 1. The quantitative estimate of drug-likeness (QED) is 0.670. The maximum absolute atomic E-state index is 11.5. The molecule has 2 rings (SSSR count). The van der Waals surface area contributed by atoms with E-state index in [2.05, 4.69) is 22.1 Å². The molecule has 0 atom stereocenters. The Morgan fingerprint density at radius 3 is 2.86 bits per heavy atom. The third kappa shape index (κ3) is 5.17. The van der Waals surface area contributed by atoms with Gasteiger partial charge in [-0.15, -0.1) is 0 Å². The Balaban J connectivity index is 1.67. The Morgan fingerprint density at radius 1 is 1.27 bits per heavy atom. The van der Waals surface area contributed by atoms with E-state index in [4.69, 9.17) is 10.5 Å². The SMILES string of the molecule is Nc1ccncc1C#CCCNC(=O)OCc1ccccc1. The van der Waals surface area contributed by atoms with Crippen LogP contribution in [0.4, 0.5) is 10.5 Å². The van der Waals surface area contributed by atoms with Crippen molar-refractivity contribution < 1.29 is 9.53 Å². The van der Waals surface area contributed by atoms with Gasteiger partial charge in [0.2, 0.25) is 0 Å². The number of anilines is 1. The van der Waals surface area contributed by atoms with Crippen molar-refractivity contribution in [3.05, 3.63) is 59.9 Å². The highest BCUT2D eigenvalue weighted by Crippen LogP contribution is 2.05. The second kappa shape index (κ2) is 8.32. The molecule has 1 amide bonds. The van der Waals surface area contributed by atoms with Crippen LogP contribution in [0.15, 0.2) is 48.8 Å². The minimum atomic E-state index is -0.452. The lowest BCUT2D eigenvalue weighted by atomic mass is 10.2. The molecule has 5 nitrogen and oxygen atoms in total. The molecule has 22 heavy (non-hydrogen) atoms. The van der Waals surface area contributed by atoms with E-state index in [9.17, 15) is 4.79 Å². The van der Waals surface area contributed by atoms with Crippen LogP contribution >= 0.6 is 0 Å². The van der Waals surface area contributed by atoms with E-state index in [0.717, 1.165) is 5.56 Å². The number of carbonyl (C=O) groups is 1. The van der Waals surface area contributed by atoms with E-state index in [1.807, 2.05) is 30.3 Å². The van der Waals surface area contributed by atoms with Crippen LogP contribution in [0.1, 0.15) is 17.5 Å². The first-order chi connectivity index (χ1) is 10.8. The van der Waals surface area contributed by atoms with Crippen LogP contribution in [0.5, 0.6) is 0 Å². The fourth-order valence-corrected chi connectivity index (χ4v) is 1.67. The van der Waals surface area contributed by atoms with Crippen molar-refractivity contribution in [2.24, 2.45) is 0 Å². The van der Waals surface area contributed by atoms with Crippen LogP contribution in [0.2, 0.25) is 0 Å². The van der Waals surface area contributed by atoms with Crippen LogP contribution in [0.3, 0.4) is 0 Å². The predicted molar refractivity (Wildman–Crippen MR) is 84.8 cm³/mol. The first-order valence-electron chi connectivity index (χ1n) is 6.88. The molecule has 1 heterocycles. The third-order valence-corrected chi connectivity index (χ3v) is 2.81. The number of rotatable bonds is 4. The average Bonchev–Trinajstić information content (AvgIpc) is 2.55. The fourth-order valence-electron chi connectivity index (χ4n) is 1.67. The van der Waals surface area contributed by atoms with Gasteiger partial charge < -0.3 is 15.8 Å². The molecule has 1 aromatic heterocycles. The molecule has 3 N–H and O–H groups in total. The van der Waals surface area contributed by atoms with E-state index in [-0.39, 0.29) is 6.61 Å². The number of benzene rings is 1. The summed E-state index contributed by atoms with van der Waals surface area (Å²) in [5, 5.41) is 2.64. The van der Waals surface area contributed by atoms with E-state index >= 15 is 0 Å². The molecule has 0 radical (unpaired) electrons. The molecular formula is C17H17N3O2. The van der Waals surface area contributed by atoms with Crippen molar-refractivity contribution in [1.29, 1.82) is 0 Å². The largest absolute Gasteiger partial charge is 0.445 e. The monoisotopic (exact) mass is 295 g/mol. The summed E-state index contributed by atoms with van der Waals surface area (Å²) >= 11 is 0. The number of nitrogens with two attached hydrogens (primary N) is 1. The van der Waals surface area contributed by atoms with E-state index in [1.54, 1.807) is 18.5 Å². The van der Waals surface area contributed by atoms with Crippen LogP contribution in [0, 0.1) is 11.8 Å². The van der Waals surface area contributed by atoms with Gasteiger partial charge in [-0.25, -0.2) is 4.79 Å². The number of aromatic nitrogens is 1. The maximum Gasteiger partial charge on any atom is 0.407 e. The lowest BCUT2D eigenvalue weighted by Crippen LogP contribution is -2.24. The van der Waals surface area contributed by atoms with Crippen molar-refractivity contribution in [1.82, 2.24) is 10.3 Å². The molecule has 0 saturated heterocycles. The zero-order chi connectivity index (χ0) is 15.6. The van der Waals surface area contributed by atoms with Gasteiger partial charge in [0.05, 0.1) is 11.3 Å². The van der Waals surface area contributed by atoms with Gasteiger partial charge in [-0.05, 0) is 11.6 Å². The number of nitrogen functional groups attached to an aromatic ring is 1. The molecule has 112 valence electrons. The smallest absolute Gasteiger partial charge is 0.407 e. The Kier molecular flexibility index (Phi) is 5.82. The Morgan fingerprint density at radius 2 is 2.09 bits per heavy atom. The minimum absolute atomic E-state index is 0.255. The molecule has 0 saturated carbocycles. The number of nitrogens with zero attached hydrogens (tertiary/aromatic N) is 1. The highest BCUT2D eigenvalue weighted by atomic mass is 16.5. The lowest BCUT2D eigenvalue weighted by Gasteiger charge is -2.05. The van der Waals surface area contributed by atoms with Crippen molar-refractivity contribution >= 4 is 11.8 Å². The summed E-state index contributed by atoms with van der Waals surface area (Å²) < 4.78 is 5.08. The predicted octanol–water partition coefficient (Wildman–Crippen LogP) is 2.33. The summed E-state index contributed by atoms with van der Waals surface area (Å²) in [6, 6.07) is 11.2. The number of amides is 1. The Labute approximate surface area is 129 Å². The number of alkyl carbamates (subject to hydrolysis) is 1. The van der Waals surface area contributed by atoms with Crippen LogP contribution in [0.25, 0.3) is 0 Å². The standard InChI is InChI=1S/C17H17N3O2/c18-16-9-11-19-12-15(16)8-4-5-10-20-17(21)22-13-14-6-2-1-3-7-14/h1-3,6-7,9,11-12H,5,10,13H2,(H2,18,19)(H,20,21). The normalized spacial score (nSPS) is 9.45. The van der Waals surface area contributed by atoms with Gasteiger partial charge in [0.1, 0.15) is 6.61 Å². The topological polar surface area (TPSA) is 77.2 Å². The first-order valence-corrected chi connectivity index (χ1v) is 6.88. The highest BCUT2D eigenvalue weighted by molar-refractivity contribution is 5.67. The Hall–Kier alpha value is -3.00. The zero-order valence-corrected chi connectivity index (χ0v) is 12.1. The summed E-state index contributed by atoms with van der Waals surface area (Å²) in [5.74, 6) is 5.85. The minimum Gasteiger partial charge on any atom is -0.445 e. The second-order valence-electron chi connectivity index (χ2n) is 4.50. The number of nitrogens with one attached hydrogen (secondary N) is 1. The summed E-state index contributed by atoms with van der Waals surface area (Å²) in [5.41, 5.74) is 7.98. The summed E-state index contributed by atoms with van der Waals surface area (Å²) in [6.45, 7) is 0.672. The highest BCUT2D eigenvalue weighted by Gasteiger charge is 2.00. The number of hydrogen-bond acceptors (Lipinski definition) is 4. The third-order valence-electron chi connectivity index (χ3n) is 2.81. The van der Waals surface area contributed by atoms with Gasteiger partial charge in [-0.2, -0.15) is 0 Å². The van der Waals surface area contributed by atoms with Crippen molar-refractivity contribution in [2.45, 2.75) is 13.0 Å². The molecular weight excluding hydrogens is 278 g/mol. The van der Waals surface area contributed by atoms with Crippen LogP contribution < -0.4 is 11.1 Å². The second-order valence-corrected chi connectivity index (χ2v) is 4.50. The first kappa shape index (κ1) is 15.4. The van der Waals surface area contributed by atoms with E-state index < -0.39 is 6.09 Å². The molecule has 2 aromatic rings. The molecule has 0 fully saturated rings. The van der Waals surface area contributed by atoms with Gasteiger partial charge in [0, 0.05) is 25.4 Å². The molecule has 0 unspecified atom stereocenters. The van der Waals surface area contributed by atoms with Crippen molar-refractivity contribution in [2.75, 3.05) is 12.3 Å². The van der Waals surface area contributed by atoms with Gasteiger partial charge in [0.15, 0.2) is 0 Å². The molecule has 0 aliphatic rings. The summed E-state index contributed by atoms with van der Waals surface area (Å²) in [4.78, 5) is 15.4. The summed E-state index contributed by atoms with van der Waals surface area (Å²) in [7, 11) is 0. The van der Waals surface area contributed by atoms with Crippen LogP contribution in [-0.2, 0) is 11.3 Å². The van der Waals surface area contributed by atoms with Gasteiger partial charge in [-0.3, -0.25) is 4.98 Å². The molecule has 5 heteroatoms. The van der Waals surface area contributed by atoms with Crippen molar-refractivity contribution in [3.8, 4) is 11.8 Å². The van der Waals surface area contributed by atoms with E-state index in [0.29, 0.717) is 24.2 Å². The number of pyridine rings is 1. The van der Waals surface area contributed by atoms with Crippen LogP contribution in [-0.4, -0.2) is 17.6 Å². The average molecular weight is 295 g/mol. The van der Waals surface area contributed by atoms with Crippen molar-refractivity contribution in [3.63, 3.8) is 0 Å². The van der Waals surface area contributed by atoms with Gasteiger partial charge in [0.25, 0.3) is 0 Å². The molecule has 0 aliphatic heterocycles. The fraction of sp³-hybridized carbons (Fsp3) is 0.176. The lowest BCUT2D eigenvalue weighted by molar-refractivity contribution is 0.140. The molecule has 0 aliphatic carbocycles. The zero-order valence-electron chi connectivity index (χ0n) is 12.1. The number of hydrogen-bond donors (Lipinski definition) is 2. The Bertz CT molecular complexity index is 675. The molecule has 0 spiro atoms. The maximum atomic E-state index is 11.5. The molecule has 1 aromatic carbocycles. The number of ether oxygens (including phenoxy) is 1.